The van der Waals surface area contributed by atoms with Gasteiger partial charge in [0.15, 0.2) is 0 Å². The first kappa shape index (κ1) is 15.0. The predicted molar refractivity (Wildman–Crippen MR) is 74.5 cm³/mol. The average molecular weight is 261 g/mol. The van der Waals surface area contributed by atoms with Gasteiger partial charge in [0.1, 0.15) is 5.54 Å². The minimum absolute atomic E-state index is 0.268. The Morgan fingerprint density at radius 3 is 2.47 bits per heavy atom. The number of hydrogen-bond acceptors (Lipinski definition) is 3. The van der Waals surface area contributed by atoms with Crippen molar-refractivity contribution in [1.82, 2.24) is 5.32 Å². The fourth-order valence-electron chi connectivity index (χ4n) is 2.00. The molecule has 0 saturated carbocycles. The number of rotatable bonds is 6. The molecule has 1 amide bonds. The van der Waals surface area contributed by atoms with E-state index in [-0.39, 0.29) is 6.54 Å². The van der Waals surface area contributed by atoms with Gasteiger partial charge in [0, 0.05) is 18.0 Å². The molecule has 0 heterocycles. The molecule has 3 N–H and O–H groups in total. The van der Waals surface area contributed by atoms with E-state index in [9.17, 15) is 4.79 Å². The van der Waals surface area contributed by atoms with Crippen molar-refractivity contribution in [2.24, 2.45) is 10.8 Å². The molecule has 0 aliphatic carbocycles. The standard InChI is InChI=1S/C13H19N5O/c1-9-6-10(2)8-11(7-9)13(3,12(14)19)16-4-5-17-18-15/h6-8,16H,4-5H2,1-3H3,(H2,14,19). The molecule has 1 rings (SSSR count). The first-order valence-electron chi connectivity index (χ1n) is 6.04. The van der Waals surface area contributed by atoms with Crippen molar-refractivity contribution in [2.45, 2.75) is 26.3 Å². The maximum absolute atomic E-state index is 11.8. The van der Waals surface area contributed by atoms with Crippen molar-refractivity contribution in [2.75, 3.05) is 13.1 Å². The highest BCUT2D eigenvalue weighted by atomic mass is 16.1. The van der Waals surface area contributed by atoms with Crippen LogP contribution in [0, 0.1) is 13.8 Å². The fraction of sp³-hybridized carbons (Fsp3) is 0.462. The van der Waals surface area contributed by atoms with Crippen molar-refractivity contribution >= 4 is 5.91 Å². The van der Waals surface area contributed by atoms with Gasteiger partial charge in [-0.2, -0.15) is 0 Å². The molecule has 102 valence electrons. The van der Waals surface area contributed by atoms with Crippen LogP contribution in [0.3, 0.4) is 0 Å². The Hall–Kier alpha value is -2.04. The molecule has 0 bridgehead atoms. The van der Waals surface area contributed by atoms with E-state index in [1.807, 2.05) is 32.0 Å². The molecule has 0 aliphatic heterocycles. The van der Waals surface area contributed by atoms with Crippen LogP contribution in [0.2, 0.25) is 0 Å². The molecule has 0 aromatic heterocycles. The summed E-state index contributed by atoms with van der Waals surface area (Å²) < 4.78 is 0. The van der Waals surface area contributed by atoms with Gasteiger partial charge in [-0.15, -0.1) is 0 Å². The Morgan fingerprint density at radius 1 is 1.42 bits per heavy atom. The molecule has 0 spiro atoms. The largest absolute Gasteiger partial charge is 0.368 e. The molecule has 0 saturated heterocycles. The topological polar surface area (TPSA) is 104 Å². The Bertz CT molecular complexity index is 502. The number of carbonyl (C=O) groups excluding carboxylic acids is 1. The van der Waals surface area contributed by atoms with Crippen LogP contribution in [-0.4, -0.2) is 19.0 Å². The lowest BCUT2D eigenvalue weighted by molar-refractivity contribution is -0.124. The van der Waals surface area contributed by atoms with Crippen molar-refractivity contribution in [1.29, 1.82) is 0 Å². The lowest BCUT2D eigenvalue weighted by Crippen LogP contribution is -2.51. The van der Waals surface area contributed by atoms with Gasteiger partial charge in [-0.1, -0.05) is 34.4 Å². The second-order valence-corrected chi connectivity index (χ2v) is 4.75. The quantitative estimate of drug-likeness (QED) is 0.353. The summed E-state index contributed by atoms with van der Waals surface area (Å²) >= 11 is 0. The number of aryl methyl sites for hydroxylation is 2. The van der Waals surface area contributed by atoms with E-state index in [4.69, 9.17) is 11.3 Å². The van der Waals surface area contributed by atoms with E-state index in [0.717, 1.165) is 16.7 Å². The first-order chi connectivity index (χ1) is 8.90. The summed E-state index contributed by atoms with van der Waals surface area (Å²) in [6, 6.07) is 5.89. The van der Waals surface area contributed by atoms with E-state index in [1.165, 1.54) is 0 Å². The van der Waals surface area contributed by atoms with E-state index in [2.05, 4.69) is 15.3 Å². The zero-order valence-corrected chi connectivity index (χ0v) is 11.5. The number of benzene rings is 1. The van der Waals surface area contributed by atoms with Crippen LogP contribution in [0.5, 0.6) is 0 Å². The number of primary amides is 1. The molecular formula is C13H19N5O. The summed E-state index contributed by atoms with van der Waals surface area (Å²) in [4.78, 5) is 14.4. The molecular weight excluding hydrogens is 242 g/mol. The summed E-state index contributed by atoms with van der Waals surface area (Å²) in [5, 5.41) is 6.49. The third kappa shape index (κ3) is 3.71. The van der Waals surface area contributed by atoms with E-state index >= 15 is 0 Å². The summed E-state index contributed by atoms with van der Waals surface area (Å²) in [6.07, 6.45) is 0. The molecule has 1 unspecified atom stereocenters. The van der Waals surface area contributed by atoms with Crippen LogP contribution in [0.4, 0.5) is 0 Å². The minimum Gasteiger partial charge on any atom is -0.368 e. The van der Waals surface area contributed by atoms with Crippen LogP contribution in [0.25, 0.3) is 10.4 Å². The third-order valence-corrected chi connectivity index (χ3v) is 3.05. The molecule has 6 nitrogen and oxygen atoms in total. The van der Waals surface area contributed by atoms with Crippen molar-refractivity contribution in [3.05, 3.63) is 45.3 Å². The summed E-state index contributed by atoms with van der Waals surface area (Å²) in [5.74, 6) is -0.460. The Morgan fingerprint density at radius 2 is 2.00 bits per heavy atom. The summed E-state index contributed by atoms with van der Waals surface area (Å²) in [6.45, 7) is 6.33. The van der Waals surface area contributed by atoms with Gasteiger partial charge < -0.3 is 5.73 Å². The number of amides is 1. The highest BCUT2D eigenvalue weighted by molar-refractivity contribution is 5.85. The van der Waals surface area contributed by atoms with E-state index in [1.54, 1.807) is 6.92 Å². The maximum Gasteiger partial charge on any atom is 0.242 e. The molecule has 6 heteroatoms. The fourth-order valence-corrected chi connectivity index (χ4v) is 2.00. The maximum atomic E-state index is 11.8. The van der Waals surface area contributed by atoms with Crippen molar-refractivity contribution < 1.29 is 4.79 Å². The average Bonchev–Trinajstić information content (AvgIpc) is 2.33. The van der Waals surface area contributed by atoms with Gasteiger partial charge in [0.2, 0.25) is 5.91 Å². The summed E-state index contributed by atoms with van der Waals surface area (Å²) in [5.41, 5.74) is 15.7. The van der Waals surface area contributed by atoms with Crippen LogP contribution >= 0.6 is 0 Å². The highest BCUT2D eigenvalue weighted by Gasteiger charge is 2.32. The van der Waals surface area contributed by atoms with Gasteiger partial charge in [-0.3, -0.25) is 10.1 Å². The Labute approximate surface area is 112 Å². The molecule has 1 atom stereocenters. The number of nitrogens with one attached hydrogen (secondary N) is 1. The number of nitrogens with two attached hydrogens (primary N) is 1. The Kier molecular flexibility index (Phi) is 4.92. The highest BCUT2D eigenvalue weighted by Crippen LogP contribution is 2.23. The van der Waals surface area contributed by atoms with Gasteiger partial charge in [-0.05, 0) is 31.9 Å². The van der Waals surface area contributed by atoms with Crippen LogP contribution < -0.4 is 11.1 Å². The van der Waals surface area contributed by atoms with Gasteiger partial charge in [-0.25, -0.2) is 0 Å². The lowest BCUT2D eigenvalue weighted by Gasteiger charge is -2.28. The van der Waals surface area contributed by atoms with Crippen molar-refractivity contribution in [3.8, 4) is 0 Å². The first-order valence-corrected chi connectivity index (χ1v) is 6.04. The smallest absolute Gasteiger partial charge is 0.242 e. The number of azide groups is 1. The number of nitrogens with zero attached hydrogens (tertiary/aromatic N) is 3. The molecule has 19 heavy (non-hydrogen) atoms. The number of hydrogen-bond donors (Lipinski definition) is 2. The van der Waals surface area contributed by atoms with Gasteiger partial charge in [0.25, 0.3) is 0 Å². The molecule has 1 aromatic rings. The normalized spacial score (nSPS) is 13.4. The lowest BCUT2D eigenvalue weighted by atomic mass is 9.89. The van der Waals surface area contributed by atoms with Crippen LogP contribution in [0.1, 0.15) is 23.6 Å². The molecule has 1 aromatic carbocycles. The summed E-state index contributed by atoms with van der Waals surface area (Å²) in [7, 11) is 0. The monoisotopic (exact) mass is 261 g/mol. The zero-order chi connectivity index (χ0) is 14.5. The minimum atomic E-state index is -0.970. The molecule has 0 radical (unpaired) electrons. The predicted octanol–water partition coefficient (Wildman–Crippen LogP) is 1.90. The Balaban J connectivity index is 3.03. The van der Waals surface area contributed by atoms with Gasteiger partial charge >= 0.3 is 0 Å². The van der Waals surface area contributed by atoms with E-state index < -0.39 is 11.4 Å². The second kappa shape index (κ2) is 6.22. The van der Waals surface area contributed by atoms with Gasteiger partial charge in [0.05, 0.1) is 0 Å². The number of carbonyl (C=O) groups is 1. The van der Waals surface area contributed by atoms with Crippen molar-refractivity contribution in [3.63, 3.8) is 0 Å². The van der Waals surface area contributed by atoms with E-state index in [0.29, 0.717) is 6.54 Å². The van der Waals surface area contributed by atoms with Crippen LogP contribution in [0.15, 0.2) is 23.3 Å². The molecule has 0 fully saturated rings. The SMILES string of the molecule is Cc1cc(C)cc(C(C)(NCCN=[N+]=[N-])C(N)=O)c1. The second-order valence-electron chi connectivity index (χ2n) is 4.75. The third-order valence-electron chi connectivity index (χ3n) is 3.05. The zero-order valence-electron chi connectivity index (χ0n) is 11.5. The van der Waals surface area contributed by atoms with Crippen LogP contribution in [-0.2, 0) is 10.3 Å². The molecule has 0 aliphatic rings.